The summed E-state index contributed by atoms with van der Waals surface area (Å²) in [5, 5.41) is 2.64. The molecule has 0 saturated carbocycles. The quantitative estimate of drug-likeness (QED) is 0.748. The Kier molecular flexibility index (Phi) is 5.93. The summed E-state index contributed by atoms with van der Waals surface area (Å²) in [5.74, 6) is 0. The summed E-state index contributed by atoms with van der Waals surface area (Å²) in [6.45, 7) is 12.9. The van der Waals surface area contributed by atoms with Gasteiger partial charge in [-0.1, -0.05) is 27.7 Å². The lowest BCUT2D eigenvalue weighted by atomic mass is 9.89. The van der Waals surface area contributed by atoms with E-state index in [1.54, 1.807) is 6.92 Å². The first-order valence-electron chi connectivity index (χ1n) is 5.83. The molecule has 0 aromatic carbocycles. The summed E-state index contributed by atoms with van der Waals surface area (Å²) in [7, 11) is -3.23. The monoisotopic (exact) mass is 250 g/mol. The normalized spacial score (nSPS) is 17.1. The molecule has 0 rings (SSSR count). The van der Waals surface area contributed by atoms with Gasteiger partial charge in [0, 0.05) is 12.6 Å². The van der Waals surface area contributed by atoms with Crippen molar-refractivity contribution < 1.29 is 8.42 Å². The molecule has 0 radical (unpaired) electrons. The fourth-order valence-electron chi connectivity index (χ4n) is 0.997. The van der Waals surface area contributed by atoms with E-state index in [2.05, 4.69) is 10.0 Å². The Bertz CT molecular complexity index is 294. The number of hydrogen-bond donors (Lipinski definition) is 2. The summed E-state index contributed by atoms with van der Waals surface area (Å²) >= 11 is 0. The summed E-state index contributed by atoms with van der Waals surface area (Å²) in [6, 6.07) is -0.0680. The Balaban J connectivity index is 4.46. The van der Waals surface area contributed by atoms with Crippen LogP contribution < -0.4 is 10.0 Å². The van der Waals surface area contributed by atoms with Crippen molar-refractivity contribution in [1.29, 1.82) is 0 Å². The molecule has 0 aromatic heterocycles. The van der Waals surface area contributed by atoms with Gasteiger partial charge >= 0.3 is 0 Å². The fraction of sp³-hybridized carbons (Fsp3) is 1.00. The molecule has 2 N–H and O–H groups in total. The molecule has 4 nitrogen and oxygen atoms in total. The van der Waals surface area contributed by atoms with Gasteiger partial charge in [-0.2, -0.15) is 0 Å². The molecule has 2 unspecified atom stereocenters. The van der Waals surface area contributed by atoms with Gasteiger partial charge < -0.3 is 5.32 Å². The van der Waals surface area contributed by atoms with E-state index in [-0.39, 0.29) is 11.5 Å². The fourth-order valence-corrected chi connectivity index (χ4v) is 2.41. The largest absolute Gasteiger partial charge is 0.316 e. The van der Waals surface area contributed by atoms with E-state index < -0.39 is 15.3 Å². The first-order chi connectivity index (χ1) is 7.11. The van der Waals surface area contributed by atoms with Crippen LogP contribution in [0.4, 0.5) is 0 Å². The number of rotatable bonds is 6. The van der Waals surface area contributed by atoms with Gasteiger partial charge in [-0.25, -0.2) is 13.1 Å². The third-order valence-electron chi connectivity index (χ3n) is 2.85. The smallest absolute Gasteiger partial charge is 0.215 e. The van der Waals surface area contributed by atoms with Crippen molar-refractivity contribution in [3.63, 3.8) is 0 Å². The molecule has 0 saturated heterocycles. The average molecular weight is 250 g/mol. The maximum atomic E-state index is 11.9. The Morgan fingerprint density at radius 1 is 1.19 bits per heavy atom. The Morgan fingerprint density at radius 2 is 1.69 bits per heavy atom. The molecular weight excluding hydrogens is 224 g/mol. The molecule has 0 spiro atoms. The zero-order valence-corrected chi connectivity index (χ0v) is 12.1. The molecule has 16 heavy (non-hydrogen) atoms. The maximum Gasteiger partial charge on any atom is 0.215 e. The SMILES string of the molecule is CCNCC(C)S(=O)(=O)NC(C)C(C)(C)C. The standard InChI is InChI=1S/C11H26N2O2S/c1-7-12-8-9(2)16(14,15)13-10(3)11(4,5)6/h9-10,12-13H,7-8H2,1-6H3. The van der Waals surface area contributed by atoms with Gasteiger partial charge in [-0.05, 0) is 25.8 Å². The lowest BCUT2D eigenvalue weighted by Gasteiger charge is -2.29. The molecule has 98 valence electrons. The minimum Gasteiger partial charge on any atom is -0.316 e. The highest BCUT2D eigenvalue weighted by molar-refractivity contribution is 7.90. The van der Waals surface area contributed by atoms with E-state index in [0.717, 1.165) is 6.54 Å². The molecule has 0 aliphatic carbocycles. The first kappa shape index (κ1) is 15.9. The van der Waals surface area contributed by atoms with Crippen LogP contribution in [0.1, 0.15) is 41.5 Å². The first-order valence-corrected chi connectivity index (χ1v) is 7.37. The molecule has 0 heterocycles. The zero-order chi connectivity index (χ0) is 13.0. The van der Waals surface area contributed by atoms with E-state index in [4.69, 9.17) is 0 Å². The molecular formula is C11H26N2O2S. The predicted octanol–water partition coefficient (Wildman–Crippen LogP) is 1.34. The van der Waals surface area contributed by atoms with Crippen molar-refractivity contribution in [2.45, 2.75) is 52.8 Å². The second kappa shape index (κ2) is 5.98. The van der Waals surface area contributed by atoms with Gasteiger partial charge in [0.05, 0.1) is 5.25 Å². The van der Waals surface area contributed by atoms with Crippen molar-refractivity contribution >= 4 is 10.0 Å². The highest BCUT2D eigenvalue weighted by Crippen LogP contribution is 2.19. The van der Waals surface area contributed by atoms with Crippen LogP contribution in [0.2, 0.25) is 0 Å². The van der Waals surface area contributed by atoms with Gasteiger partial charge in [0.25, 0.3) is 0 Å². The third-order valence-corrected chi connectivity index (χ3v) is 4.76. The Morgan fingerprint density at radius 3 is 2.06 bits per heavy atom. The number of nitrogens with one attached hydrogen (secondary N) is 2. The van der Waals surface area contributed by atoms with Crippen molar-refractivity contribution in [3.05, 3.63) is 0 Å². The zero-order valence-electron chi connectivity index (χ0n) is 11.3. The molecule has 0 aliphatic rings. The van der Waals surface area contributed by atoms with Gasteiger partial charge in [0.1, 0.15) is 0 Å². The van der Waals surface area contributed by atoms with Crippen LogP contribution in [0.15, 0.2) is 0 Å². The molecule has 2 atom stereocenters. The summed E-state index contributed by atoms with van der Waals surface area (Å²) in [6.07, 6.45) is 0. The molecule has 0 fully saturated rings. The predicted molar refractivity (Wildman–Crippen MR) is 69.0 cm³/mol. The van der Waals surface area contributed by atoms with E-state index in [1.807, 2.05) is 34.6 Å². The van der Waals surface area contributed by atoms with E-state index >= 15 is 0 Å². The highest BCUT2D eigenvalue weighted by atomic mass is 32.2. The summed E-state index contributed by atoms with van der Waals surface area (Å²) < 4.78 is 26.6. The number of hydrogen-bond acceptors (Lipinski definition) is 3. The van der Waals surface area contributed by atoms with Crippen LogP contribution in [0.3, 0.4) is 0 Å². The van der Waals surface area contributed by atoms with Crippen molar-refractivity contribution in [2.24, 2.45) is 5.41 Å². The topological polar surface area (TPSA) is 58.2 Å². The van der Waals surface area contributed by atoms with Crippen LogP contribution in [-0.4, -0.2) is 32.8 Å². The van der Waals surface area contributed by atoms with Gasteiger partial charge in [0.2, 0.25) is 10.0 Å². The molecule has 5 heteroatoms. The van der Waals surface area contributed by atoms with Crippen LogP contribution in [0, 0.1) is 5.41 Å². The van der Waals surface area contributed by atoms with Crippen LogP contribution in [0.5, 0.6) is 0 Å². The minimum atomic E-state index is -3.23. The lowest BCUT2D eigenvalue weighted by Crippen LogP contribution is -2.47. The van der Waals surface area contributed by atoms with Crippen molar-refractivity contribution in [1.82, 2.24) is 10.0 Å². The second-order valence-corrected chi connectivity index (χ2v) is 7.50. The molecule has 0 aromatic rings. The van der Waals surface area contributed by atoms with Crippen LogP contribution in [-0.2, 0) is 10.0 Å². The summed E-state index contributed by atoms with van der Waals surface area (Å²) in [4.78, 5) is 0. The Hall–Kier alpha value is -0.130. The summed E-state index contributed by atoms with van der Waals surface area (Å²) in [5.41, 5.74) is -0.0645. The Labute approximate surface area is 100 Å². The minimum absolute atomic E-state index is 0.0645. The van der Waals surface area contributed by atoms with Crippen molar-refractivity contribution in [2.75, 3.05) is 13.1 Å². The average Bonchev–Trinajstić information content (AvgIpc) is 2.11. The van der Waals surface area contributed by atoms with E-state index in [1.165, 1.54) is 0 Å². The van der Waals surface area contributed by atoms with E-state index in [9.17, 15) is 8.42 Å². The molecule has 0 aliphatic heterocycles. The highest BCUT2D eigenvalue weighted by Gasteiger charge is 2.28. The van der Waals surface area contributed by atoms with Crippen molar-refractivity contribution in [3.8, 4) is 0 Å². The lowest BCUT2D eigenvalue weighted by molar-refractivity contribution is 0.317. The van der Waals surface area contributed by atoms with Gasteiger partial charge in [-0.15, -0.1) is 0 Å². The van der Waals surface area contributed by atoms with Gasteiger partial charge in [0.15, 0.2) is 0 Å². The number of sulfonamides is 1. The van der Waals surface area contributed by atoms with Crippen LogP contribution in [0.25, 0.3) is 0 Å². The maximum absolute atomic E-state index is 11.9. The van der Waals surface area contributed by atoms with E-state index in [0.29, 0.717) is 6.54 Å². The molecule has 0 amide bonds. The molecule has 0 bridgehead atoms. The second-order valence-electron chi connectivity index (χ2n) is 5.37. The third kappa shape index (κ3) is 5.27. The van der Waals surface area contributed by atoms with Crippen LogP contribution >= 0.6 is 0 Å². The van der Waals surface area contributed by atoms with Gasteiger partial charge in [-0.3, -0.25) is 0 Å².